The van der Waals surface area contributed by atoms with Crippen molar-refractivity contribution in [3.63, 3.8) is 0 Å². The molecule has 9 nitrogen and oxygen atoms in total. The van der Waals surface area contributed by atoms with Gasteiger partial charge in [-0.1, -0.05) is 12.1 Å². The molecule has 0 saturated carbocycles. The largest absolute Gasteiger partial charge is 0.368 e. The number of nitro benzene ring substituents is 1. The number of piperazine rings is 1. The van der Waals surface area contributed by atoms with Crippen molar-refractivity contribution >= 4 is 23.3 Å². The predicted molar refractivity (Wildman–Crippen MR) is 89.2 cm³/mol. The smallest absolute Gasteiger partial charge is 0.322 e. The summed E-state index contributed by atoms with van der Waals surface area (Å²) in [6.07, 6.45) is 1.29. The Balaban J connectivity index is 1.55. The van der Waals surface area contributed by atoms with Crippen molar-refractivity contribution in [1.82, 2.24) is 9.80 Å². The number of hydrogen-bond donors (Lipinski definition) is 1. The molecular weight excluding hydrogens is 328 g/mol. The van der Waals surface area contributed by atoms with E-state index in [-0.39, 0.29) is 23.4 Å². The van der Waals surface area contributed by atoms with Gasteiger partial charge in [-0.15, -0.1) is 0 Å². The standard InChI is InChI=1S/C16H20N4O5/c21-15(14-6-3-11-25-14)18-7-9-19(10-8-18)16(22)17-12-4-1-2-5-13(12)20(23)24/h1-2,4-5,14H,3,6-11H2,(H,17,22). The van der Waals surface area contributed by atoms with Gasteiger partial charge in [-0.2, -0.15) is 0 Å². The van der Waals surface area contributed by atoms with Crippen LogP contribution in [0.2, 0.25) is 0 Å². The zero-order valence-electron chi connectivity index (χ0n) is 13.7. The van der Waals surface area contributed by atoms with Crippen molar-refractivity contribution in [2.24, 2.45) is 0 Å². The first-order chi connectivity index (χ1) is 12.1. The normalized spacial score (nSPS) is 20.4. The van der Waals surface area contributed by atoms with E-state index < -0.39 is 11.0 Å². The van der Waals surface area contributed by atoms with Gasteiger partial charge in [0.25, 0.3) is 11.6 Å². The van der Waals surface area contributed by atoms with Gasteiger partial charge in [0.1, 0.15) is 11.8 Å². The van der Waals surface area contributed by atoms with Crippen LogP contribution in [0.25, 0.3) is 0 Å². The molecule has 2 heterocycles. The molecule has 1 unspecified atom stereocenters. The maximum Gasteiger partial charge on any atom is 0.322 e. The molecule has 2 aliphatic rings. The summed E-state index contributed by atoms with van der Waals surface area (Å²) in [6.45, 7) is 2.25. The van der Waals surface area contributed by atoms with E-state index in [2.05, 4.69) is 5.32 Å². The van der Waals surface area contributed by atoms with Crippen molar-refractivity contribution in [2.45, 2.75) is 18.9 Å². The number of urea groups is 1. The third-order valence-electron chi connectivity index (χ3n) is 4.43. The van der Waals surface area contributed by atoms with Gasteiger partial charge in [0, 0.05) is 38.9 Å². The van der Waals surface area contributed by atoms with E-state index in [0.29, 0.717) is 32.8 Å². The second-order valence-electron chi connectivity index (χ2n) is 6.02. The molecule has 0 aromatic heterocycles. The lowest BCUT2D eigenvalue weighted by Crippen LogP contribution is -2.53. The number of nitrogens with zero attached hydrogens (tertiary/aromatic N) is 3. The summed E-state index contributed by atoms with van der Waals surface area (Å²) in [7, 11) is 0. The first-order valence-electron chi connectivity index (χ1n) is 8.26. The summed E-state index contributed by atoms with van der Waals surface area (Å²) < 4.78 is 5.41. The van der Waals surface area contributed by atoms with Gasteiger partial charge >= 0.3 is 6.03 Å². The van der Waals surface area contributed by atoms with Gasteiger partial charge in [-0.05, 0) is 18.9 Å². The zero-order valence-corrected chi connectivity index (χ0v) is 13.7. The number of nitrogens with one attached hydrogen (secondary N) is 1. The van der Waals surface area contributed by atoms with Gasteiger partial charge in [0.2, 0.25) is 0 Å². The topological polar surface area (TPSA) is 105 Å². The lowest BCUT2D eigenvalue weighted by atomic mass is 10.2. The molecule has 2 aliphatic heterocycles. The molecule has 0 radical (unpaired) electrons. The number of ether oxygens (including phenoxy) is 1. The molecule has 1 aromatic carbocycles. The van der Waals surface area contributed by atoms with E-state index in [0.717, 1.165) is 12.8 Å². The van der Waals surface area contributed by atoms with Gasteiger partial charge < -0.3 is 19.9 Å². The number of benzene rings is 1. The average Bonchev–Trinajstić information content (AvgIpc) is 3.16. The minimum absolute atomic E-state index is 0.0174. The molecule has 1 aromatic rings. The fourth-order valence-corrected chi connectivity index (χ4v) is 3.04. The number of para-hydroxylation sites is 2. The van der Waals surface area contributed by atoms with Crippen molar-refractivity contribution < 1.29 is 19.2 Å². The molecule has 1 atom stereocenters. The van der Waals surface area contributed by atoms with Crippen molar-refractivity contribution in [2.75, 3.05) is 38.1 Å². The Morgan fingerprint density at radius 3 is 2.48 bits per heavy atom. The lowest BCUT2D eigenvalue weighted by Gasteiger charge is -2.35. The summed E-state index contributed by atoms with van der Waals surface area (Å²) in [5.74, 6) is -0.0174. The quantitative estimate of drug-likeness (QED) is 0.657. The highest BCUT2D eigenvalue weighted by atomic mass is 16.6. The fourth-order valence-electron chi connectivity index (χ4n) is 3.04. The summed E-state index contributed by atoms with van der Waals surface area (Å²) in [6, 6.07) is 5.60. The monoisotopic (exact) mass is 348 g/mol. The Morgan fingerprint density at radius 2 is 1.84 bits per heavy atom. The highest BCUT2D eigenvalue weighted by Gasteiger charge is 2.31. The molecule has 0 aliphatic carbocycles. The molecule has 0 spiro atoms. The van der Waals surface area contributed by atoms with Crippen LogP contribution in [-0.2, 0) is 9.53 Å². The van der Waals surface area contributed by atoms with Crippen molar-refractivity contribution in [3.8, 4) is 0 Å². The summed E-state index contributed by atoms with van der Waals surface area (Å²) in [4.78, 5) is 38.4. The molecular formula is C16H20N4O5. The van der Waals surface area contributed by atoms with Crippen LogP contribution in [0.5, 0.6) is 0 Å². The van der Waals surface area contributed by atoms with Gasteiger partial charge in [-0.25, -0.2) is 4.79 Å². The number of carbonyl (C=O) groups excluding carboxylic acids is 2. The lowest BCUT2D eigenvalue weighted by molar-refractivity contribution is -0.383. The number of carbonyl (C=O) groups is 2. The number of anilines is 1. The van der Waals surface area contributed by atoms with E-state index in [4.69, 9.17) is 4.74 Å². The van der Waals surface area contributed by atoms with E-state index >= 15 is 0 Å². The molecule has 2 fully saturated rings. The first kappa shape index (κ1) is 17.2. The number of amides is 3. The predicted octanol–water partition coefficient (Wildman–Crippen LogP) is 1.45. The molecule has 3 rings (SSSR count). The molecule has 9 heteroatoms. The van der Waals surface area contributed by atoms with E-state index in [9.17, 15) is 19.7 Å². The summed E-state index contributed by atoms with van der Waals surface area (Å²) in [5.41, 5.74) is 0.0124. The number of nitro groups is 1. The maximum atomic E-state index is 12.3. The Kier molecular flexibility index (Phi) is 5.13. The van der Waals surface area contributed by atoms with Crippen LogP contribution >= 0.6 is 0 Å². The van der Waals surface area contributed by atoms with E-state index in [1.165, 1.54) is 12.1 Å². The highest BCUT2D eigenvalue weighted by Crippen LogP contribution is 2.23. The Morgan fingerprint density at radius 1 is 1.16 bits per heavy atom. The van der Waals surface area contributed by atoms with E-state index in [1.807, 2.05) is 0 Å². The third-order valence-corrected chi connectivity index (χ3v) is 4.43. The average molecular weight is 348 g/mol. The minimum atomic E-state index is -0.534. The van der Waals surface area contributed by atoms with Crippen LogP contribution in [-0.4, -0.2) is 65.6 Å². The summed E-state index contributed by atoms with van der Waals surface area (Å²) >= 11 is 0. The molecule has 0 bridgehead atoms. The Bertz CT molecular complexity index is 666. The van der Waals surface area contributed by atoms with Crippen molar-refractivity contribution in [1.29, 1.82) is 0 Å². The zero-order chi connectivity index (χ0) is 17.8. The van der Waals surface area contributed by atoms with Crippen LogP contribution in [0.3, 0.4) is 0 Å². The van der Waals surface area contributed by atoms with Crippen LogP contribution in [0.1, 0.15) is 12.8 Å². The van der Waals surface area contributed by atoms with E-state index in [1.54, 1.807) is 21.9 Å². The highest BCUT2D eigenvalue weighted by molar-refractivity contribution is 5.92. The van der Waals surface area contributed by atoms with Crippen LogP contribution in [0.15, 0.2) is 24.3 Å². The minimum Gasteiger partial charge on any atom is -0.368 e. The second kappa shape index (κ2) is 7.47. The molecule has 2 saturated heterocycles. The molecule has 3 amide bonds. The van der Waals surface area contributed by atoms with Gasteiger partial charge in [0.05, 0.1) is 4.92 Å². The SMILES string of the molecule is O=C(Nc1ccccc1[N+](=O)[O-])N1CCN(C(=O)C2CCCO2)CC1. The van der Waals surface area contributed by atoms with Crippen LogP contribution < -0.4 is 5.32 Å². The summed E-state index contributed by atoms with van der Waals surface area (Å²) in [5, 5.41) is 13.6. The second-order valence-corrected chi connectivity index (χ2v) is 6.02. The number of rotatable bonds is 3. The third kappa shape index (κ3) is 3.87. The van der Waals surface area contributed by atoms with Crippen LogP contribution in [0, 0.1) is 10.1 Å². The van der Waals surface area contributed by atoms with Crippen molar-refractivity contribution in [3.05, 3.63) is 34.4 Å². The fraction of sp³-hybridized carbons (Fsp3) is 0.500. The first-order valence-corrected chi connectivity index (χ1v) is 8.26. The number of hydrogen-bond acceptors (Lipinski definition) is 5. The van der Waals surface area contributed by atoms with Gasteiger partial charge in [-0.3, -0.25) is 14.9 Å². The Hall–Kier alpha value is -2.68. The molecule has 134 valence electrons. The molecule has 1 N–H and O–H groups in total. The maximum absolute atomic E-state index is 12.3. The van der Waals surface area contributed by atoms with Gasteiger partial charge in [0.15, 0.2) is 0 Å². The Labute approximate surface area is 144 Å². The van der Waals surface area contributed by atoms with Crippen LogP contribution in [0.4, 0.5) is 16.2 Å². The molecule has 25 heavy (non-hydrogen) atoms.